The van der Waals surface area contributed by atoms with E-state index in [0.29, 0.717) is 33.7 Å². The molecule has 16 heavy (non-hydrogen) atoms. The molecule has 0 saturated carbocycles. The average Bonchev–Trinajstić information content (AvgIpc) is 2.83. The summed E-state index contributed by atoms with van der Waals surface area (Å²) >= 11 is 5.68. The van der Waals surface area contributed by atoms with Gasteiger partial charge in [-0.05, 0) is 41.9 Å². The molecule has 0 bridgehead atoms. The Kier molecular flexibility index (Phi) is 1.91. The topological polar surface area (TPSA) is 65.2 Å². The van der Waals surface area contributed by atoms with Gasteiger partial charge in [-0.2, -0.15) is 0 Å². The Morgan fingerprint density at radius 3 is 2.75 bits per heavy atom. The van der Waals surface area contributed by atoms with Crippen LogP contribution in [0.2, 0.25) is 5.22 Å². The summed E-state index contributed by atoms with van der Waals surface area (Å²) in [5, 5.41) is 0.303. The zero-order valence-electron chi connectivity index (χ0n) is 8.11. The second kappa shape index (κ2) is 3.28. The van der Waals surface area contributed by atoms with Crippen molar-refractivity contribution in [3.63, 3.8) is 0 Å². The van der Waals surface area contributed by atoms with E-state index in [4.69, 9.17) is 26.2 Å². The Balaban J connectivity index is 2.18. The summed E-state index contributed by atoms with van der Waals surface area (Å²) in [6.45, 7) is 0. The van der Waals surface area contributed by atoms with Crippen molar-refractivity contribution in [1.29, 1.82) is 0 Å². The van der Waals surface area contributed by atoms with Gasteiger partial charge in [-0.3, -0.25) is 0 Å². The van der Waals surface area contributed by atoms with Crippen LogP contribution >= 0.6 is 11.6 Å². The number of halogens is 1. The third kappa shape index (κ3) is 1.44. The van der Waals surface area contributed by atoms with Crippen molar-refractivity contribution in [1.82, 2.24) is 4.98 Å². The third-order valence-electron chi connectivity index (χ3n) is 2.20. The molecule has 2 N–H and O–H groups in total. The smallest absolute Gasteiger partial charge is 0.264 e. The number of nitrogen functional groups attached to an aromatic ring is 1. The fraction of sp³-hybridized carbons (Fsp3) is 0. The number of aromatic nitrogens is 1. The molecule has 0 radical (unpaired) electrons. The van der Waals surface area contributed by atoms with Gasteiger partial charge in [0.05, 0.1) is 0 Å². The van der Waals surface area contributed by atoms with Crippen molar-refractivity contribution in [3.05, 3.63) is 35.6 Å². The SMILES string of the molecule is Nc1ccc2oc(-c3ccc(Cl)o3)nc2c1. The minimum atomic E-state index is 0.303. The normalized spacial score (nSPS) is 11.1. The molecule has 0 aliphatic rings. The maximum Gasteiger partial charge on any atom is 0.264 e. The molecule has 4 nitrogen and oxygen atoms in total. The lowest BCUT2D eigenvalue weighted by Gasteiger charge is -1.88. The van der Waals surface area contributed by atoms with Crippen LogP contribution in [0, 0.1) is 0 Å². The Bertz CT molecular complexity index is 657. The molecule has 80 valence electrons. The minimum Gasteiger partial charge on any atom is -0.440 e. The first kappa shape index (κ1) is 9.30. The van der Waals surface area contributed by atoms with Crippen LogP contribution in [0.5, 0.6) is 0 Å². The number of oxazole rings is 1. The molecule has 3 aromatic rings. The van der Waals surface area contributed by atoms with Crippen molar-refractivity contribution in [2.45, 2.75) is 0 Å². The van der Waals surface area contributed by atoms with Crippen LogP contribution in [0.15, 0.2) is 39.2 Å². The highest BCUT2D eigenvalue weighted by Gasteiger charge is 2.11. The lowest BCUT2D eigenvalue weighted by molar-refractivity contribution is 0.536. The molecular formula is C11H7ClN2O2. The van der Waals surface area contributed by atoms with Crippen LogP contribution in [-0.4, -0.2) is 4.98 Å². The largest absolute Gasteiger partial charge is 0.440 e. The number of benzene rings is 1. The molecule has 0 unspecified atom stereocenters. The maximum atomic E-state index is 5.68. The molecule has 2 aromatic heterocycles. The van der Waals surface area contributed by atoms with E-state index in [1.807, 2.05) is 0 Å². The van der Waals surface area contributed by atoms with Crippen molar-refractivity contribution in [2.75, 3.05) is 5.73 Å². The maximum absolute atomic E-state index is 5.68. The van der Waals surface area contributed by atoms with E-state index in [1.54, 1.807) is 30.3 Å². The van der Waals surface area contributed by atoms with Gasteiger partial charge in [0, 0.05) is 5.69 Å². The molecule has 0 atom stereocenters. The Morgan fingerprint density at radius 2 is 2.00 bits per heavy atom. The number of hydrogen-bond acceptors (Lipinski definition) is 4. The van der Waals surface area contributed by atoms with E-state index >= 15 is 0 Å². The summed E-state index contributed by atoms with van der Waals surface area (Å²) < 4.78 is 10.7. The van der Waals surface area contributed by atoms with Gasteiger partial charge in [0.15, 0.2) is 16.6 Å². The molecule has 0 spiro atoms. The van der Waals surface area contributed by atoms with E-state index in [1.165, 1.54) is 0 Å². The summed E-state index contributed by atoms with van der Waals surface area (Å²) in [7, 11) is 0. The van der Waals surface area contributed by atoms with Crippen LogP contribution in [-0.2, 0) is 0 Å². The molecule has 2 heterocycles. The van der Waals surface area contributed by atoms with Crippen LogP contribution in [0.3, 0.4) is 0 Å². The van der Waals surface area contributed by atoms with Gasteiger partial charge >= 0.3 is 0 Å². The highest BCUT2D eigenvalue weighted by atomic mass is 35.5. The number of hydrogen-bond donors (Lipinski definition) is 1. The first-order valence-electron chi connectivity index (χ1n) is 4.64. The van der Waals surface area contributed by atoms with E-state index in [0.717, 1.165) is 0 Å². The zero-order chi connectivity index (χ0) is 11.1. The molecule has 0 fully saturated rings. The van der Waals surface area contributed by atoms with Crippen LogP contribution in [0.4, 0.5) is 5.69 Å². The second-order valence-electron chi connectivity index (χ2n) is 3.35. The molecule has 0 aliphatic heterocycles. The molecule has 0 aliphatic carbocycles. The first-order valence-corrected chi connectivity index (χ1v) is 5.02. The highest BCUT2D eigenvalue weighted by Crippen LogP contribution is 2.28. The van der Waals surface area contributed by atoms with Gasteiger partial charge in [-0.1, -0.05) is 0 Å². The fourth-order valence-corrected chi connectivity index (χ4v) is 1.63. The lowest BCUT2D eigenvalue weighted by Crippen LogP contribution is -1.82. The number of fused-ring (bicyclic) bond motifs is 1. The summed E-state index contributed by atoms with van der Waals surface area (Å²) in [5.41, 5.74) is 7.65. The summed E-state index contributed by atoms with van der Waals surface area (Å²) in [6.07, 6.45) is 0. The van der Waals surface area contributed by atoms with E-state index in [9.17, 15) is 0 Å². The fourth-order valence-electron chi connectivity index (χ4n) is 1.48. The number of nitrogens with zero attached hydrogens (tertiary/aromatic N) is 1. The van der Waals surface area contributed by atoms with Crippen molar-refractivity contribution < 1.29 is 8.83 Å². The van der Waals surface area contributed by atoms with Gasteiger partial charge in [0.2, 0.25) is 0 Å². The van der Waals surface area contributed by atoms with Gasteiger partial charge in [0.1, 0.15) is 5.52 Å². The molecule has 5 heteroatoms. The van der Waals surface area contributed by atoms with Crippen LogP contribution in [0.1, 0.15) is 0 Å². The monoisotopic (exact) mass is 234 g/mol. The van der Waals surface area contributed by atoms with Crippen molar-refractivity contribution >= 4 is 28.4 Å². The zero-order valence-corrected chi connectivity index (χ0v) is 8.86. The summed E-state index contributed by atoms with van der Waals surface area (Å²) in [4.78, 5) is 4.26. The van der Waals surface area contributed by atoms with Gasteiger partial charge in [-0.15, -0.1) is 0 Å². The van der Waals surface area contributed by atoms with Crippen LogP contribution < -0.4 is 5.73 Å². The van der Waals surface area contributed by atoms with Crippen molar-refractivity contribution in [3.8, 4) is 11.7 Å². The van der Waals surface area contributed by atoms with Crippen LogP contribution in [0.25, 0.3) is 22.8 Å². The summed E-state index contributed by atoms with van der Waals surface area (Å²) in [6, 6.07) is 8.61. The predicted octanol–water partition coefficient (Wildman–Crippen LogP) is 3.32. The number of anilines is 1. The Hall–Kier alpha value is -1.94. The van der Waals surface area contributed by atoms with Gasteiger partial charge < -0.3 is 14.6 Å². The third-order valence-corrected chi connectivity index (χ3v) is 2.40. The average molecular weight is 235 g/mol. The number of rotatable bonds is 1. The molecule has 1 aromatic carbocycles. The lowest BCUT2D eigenvalue weighted by atomic mass is 10.3. The molecule has 3 rings (SSSR count). The Labute approximate surface area is 95.6 Å². The van der Waals surface area contributed by atoms with E-state index < -0.39 is 0 Å². The minimum absolute atomic E-state index is 0.303. The van der Waals surface area contributed by atoms with Gasteiger partial charge in [0.25, 0.3) is 5.89 Å². The molecule has 0 saturated heterocycles. The number of furan rings is 1. The highest BCUT2D eigenvalue weighted by molar-refractivity contribution is 6.28. The first-order chi connectivity index (χ1) is 7.72. The number of nitrogens with two attached hydrogens (primary N) is 1. The van der Waals surface area contributed by atoms with E-state index in [-0.39, 0.29) is 0 Å². The predicted molar refractivity (Wildman–Crippen MR) is 61.1 cm³/mol. The molecule has 0 amide bonds. The molecular weight excluding hydrogens is 228 g/mol. The summed E-state index contributed by atoms with van der Waals surface area (Å²) in [5.74, 6) is 0.896. The Morgan fingerprint density at radius 1 is 1.12 bits per heavy atom. The van der Waals surface area contributed by atoms with Gasteiger partial charge in [-0.25, -0.2) is 4.98 Å². The second-order valence-corrected chi connectivity index (χ2v) is 3.72. The van der Waals surface area contributed by atoms with E-state index in [2.05, 4.69) is 4.98 Å². The standard InChI is InChI=1S/C11H7ClN2O2/c12-10-4-3-9(15-10)11-14-7-5-6(13)1-2-8(7)16-11/h1-5H,13H2. The quantitative estimate of drug-likeness (QED) is 0.656. The van der Waals surface area contributed by atoms with Crippen molar-refractivity contribution in [2.24, 2.45) is 0 Å².